The van der Waals surface area contributed by atoms with Crippen molar-refractivity contribution in [3.05, 3.63) is 48.6 Å². The summed E-state index contributed by atoms with van der Waals surface area (Å²) in [6, 6.07) is 0. The summed E-state index contributed by atoms with van der Waals surface area (Å²) in [7, 11) is 0. The average molecular weight is 118 g/mol. The van der Waals surface area contributed by atoms with Crippen LogP contribution in [0, 0.1) is 0 Å². The molecule has 1 aliphatic carbocycles. The van der Waals surface area contributed by atoms with Crippen LogP contribution in [0.25, 0.3) is 0 Å². The van der Waals surface area contributed by atoms with Crippen LogP contribution in [0.5, 0.6) is 0 Å². The quantitative estimate of drug-likeness (QED) is 0.458. The largest absolute Gasteiger partial charge is 0.0955 e. The van der Waals surface area contributed by atoms with Gasteiger partial charge in [0.2, 0.25) is 0 Å². The Bertz CT molecular complexity index is 180. The second-order valence-corrected chi connectivity index (χ2v) is 2.03. The maximum absolute atomic E-state index is 3.84. The van der Waals surface area contributed by atoms with Gasteiger partial charge in [0.1, 0.15) is 0 Å². The van der Waals surface area contributed by atoms with E-state index in [2.05, 4.69) is 12.7 Å². The molecule has 0 aliphatic heterocycles. The number of hydrogen-bond acceptors (Lipinski definition) is 0. The van der Waals surface area contributed by atoms with Crippen molar-refractivity contribution in [1.29, 1.82) is 0 Å². The molecule has 46 valence electrons. The van der Waals surface area contributed by atoms with Crippen molar-refractivity contribution in [3.8, 4) is 0 Å². The summed E-state index contributed by atoms with van der Waals surface area (Å²) < 4.78 is 0. The summed E-state index contributed by atoms with van der Waals surface area (Å²) >= 11 is 0. The molecule has 1 rings (SSSR count). The molecule has 0 N–H and O–H groups in total. The third-order valence-corrected chi connectivity index (χ3v) is 1.18. The van der Waals surface area contributed by atoms with Gasteiger partial charge in [0.25, 0.3) is 0 Å². The van der Waals surface area contributed by atoms with Crippen LogP contribution >= 0.6 is 0 Å². The molecule has 0 saturated carbocycles. The lowest BCUT2D eigenvalue weighted by atomic mass is 10.1. The normalized spacial score (nSPS) is 28.2. The molecule has 0 heterocycles. The minimum atomic E-state index is 0.973. The van der Waals surface area contributed by atoms with Gasteiger partial charge in [-0.2, -0.15) is 0 Å². The molecular weight excluding hydrogens is 108 g/mol. The van der Waals surface area contributed by atoms with E-state index in [4.69, 9.17) is 0 Å². The summed E-state index contributed by atoms with van der Waals surface area (Å²) in [5, 5.41) is 0. The van der Waals surface area contributed by atoms with Gasteiger partial charge in [-0.25, -0.2) is 0 Å². The smallest absolute Gasteiger partial charge is 0.0100 e. The zero-order valence-electron chi connectivity index (χ0n) is 5.38. The first-order valence-electron chi connectivity index (χ1n) is 3.07. The van der Waals surface area contributed by atoms with E-state index < -0.39 is 0 Å². The summed E-state index contributed by atoms with van der Waals surface area (Å²) in [6.07, 6.45) is 13.2. The van der Waals surface area contributed by atoms with Crippen molar-refractivity contribution in [2.75, 3.05) is 0 Å². The molecule has 0 aromatic heterocycles. The van der Waals surface area contributed by atoms with Crippen LogP contribution in [0.2, 0.25) is 0 Å². The number of hydrogen-bond donors (Lipinski definition) is 0. The van der Waals surface area contributed by atoms with Gasteiger partial charge >= 0.3 is 0 Å². The highest BCUT2D eigenvalue weighted by atomic mass is 13.9. The van der Waals surface area contributed by atoms with E-state index in [-0.39, 0.29) is 0 Å². The van der Waals surface area contributed by atoms with Crippen LogP contribution in [-0.2, 0) is 0 Å². The highest BCUT2D eigenvalue weighted by Gasteiger charge is 1.82. The third-order valence-electron chi connectivity index (χ3n) is 1.18. The van der Waals surface area contributed by atoms with Gasteiger partial charge in [-0.3, -0.25) is 0 Å². The molecular formula is C9H10. The van der Waals surface area contributed by atoms with Gasteiger partial charge in [0, 0.05) is 0 Å². The zero-order chi connectivity index (χ0) is 6.53. The van der Waals surface area contributed by atoms with E-state index in [1.54, 1.807) is 0 Å². The predicted molar refractivity (Wildman–Crippen MR) is 41.2 cm³/mol. The van der Waals surface area contributed by atoms with Gasteiger partial charge in [0.15, 0.2) is 0 Å². The Morgan fingerprint density at radius 1 is 1.11 bits per heavy atom. The van der Waals surface area contributed by atoms with E-state index >= 15 is 0 Å². The maximum atomic E-state index is 3.84. The van der Waals surface area contributed by atoms with Crippen LogP contribution in [0.4, 0.5) is 0 Å². The van der Waals surface area contributed by atoms with Crippen LogP contribution < -0.4 is 0 Å². The molecule has 0 fully saturated rings. The van der Waals surface area contributed by atoms with E-state index in [1.807, 2.05) is 30.4 Å². The predicted octanol–water partition coefficient (Wildman–Crippen LogP) is 2.61. The van der Waals surface area contributed by atoms with Crippen LogP contribution in [0.15, 0.2) is 48.6 Å². The summed E-state index contributed by atoms with van der Waals surface area (Å²) in [5.41, 5.74) is 1.16. The van der Waals surface area contributed by atoms with Crippen LogP contribution in [-0.4, -0.2) is 0 Å². The van der Waals surface area contributed by atoms with Crippen molar-refractivity contribution in [3.63, 3.8) is 0 Å². The van der Waals surface area contributed by atoms with Gasteiger partial charge in [-0.15, -0.1) is 0 Å². The fraction of sp³-hybridized carbons (Fsp3) is 0.111. The standard InChI is InChI=1S/C9H10/c1-9-7-5-3-2-4-6-8-9/h2-7H,1,8H2/b3-2-,6-4-,7-5-. The minimum Gasteiger partial charge on any atom is -0.0955 e. The topological polar surface area (TPSA) is 0 Å². The van der Waals surface area contributed by atoms with Crippen molar-refractivity contribution in [2.45, 2.75) is 6.42 Å². The van der Waals surface area contributed by atoms with Gasteiger partial charge in [0.05, 0.1) is 0 Å². The second-order valence-electron chi connectivity index (χ2n) is 2.03. The molecule has 9 heavy (non-hydrogen) atoms. The van der Waals surface area contributed by atoms with Crippen molar-refractivity contribution >= 4 is 0 Å². The average Bonchev–Trinajstić information content (AvgIpc) is 1.79. The van der Waals surface area contributed by atoms with Gasteiger partial charge in [-0.1, -0.05) is 48.6 Å². The Kier molecular flexibility index (Phi) is 2.08. The van der Waals surface area contributed by atoms with Crippen molar-refractivity contribution in [1.82, 2.24) is 0 Å². The van der Waals surface area contributed by atoms with Crippen LogP contribution in [0.3, 0.4) is 0 Å². The Morgan fingerprint density at radius 3 is 2.78 bits per heavy atom. The molecule has 0 atom stereocenters. The highest BCUT2D eigenvalue weighted by Crippen LogP contribution is 2.03. The van der Waals surface area contributed by atoms with E-state index in [1.165, 1.54) is 0 Å². The van der Waals surface area contributed by atoms with E-state index in [0.717, 1.165) is 12.0 Å². The van der Waals surface area contributed by atoms with Gasteiger partial charge < -0.3 is 0 Å². The summed E-state index contributed by atoms with van der Waals surface area (Å²) in [6.45, 7) is 3.84. The Labute approximate surface area is 55.9 Å². The molecule has 1 aliphatic rings. The van der Waals surface area contributed by atoms with Crippen molar-refractivity contribution < 1.29 is 0 Å². The fourth-order valence-electron chi connectivity index (χ4n) is 0.686. The molecule has 0 nitrogen and oxygen atoms in total. The lowest BCUT2D eigenvalue weighted by Crippen LogP contribution is -1.72. The summed E-state index contributed by atoms with van der Waals surface area (Å²) in [4.78, 5) is 0. The van der Waals surface area contributed by atoms with Crippen molar-refractivity contribution in [2.24, 2.45) is 0 Å². The molecule has 0 bridgehead atoms. The molecule has 0 aromatic carbocycles. The monoisotopic (exact) mass is 118 g/mol. The highest BCUT2D eigenvalue weighted by molar-refractivity contribution is 5.26. The Hall–Kier alpha value is -1.04. The number of rotatable bonds is 0. The molecule has 0 saturated heterocycles. The molecule has 0 unspecified atom stereocenters. The van der Waals surface area contributed by atoms with E-state index in [9.17, 15) is 0 Å². The number of allylic oxidation sites excluding steroid dienone is 7. The Morgan fingerprint density at radius 2 is 1.89 bits per heavy atom. The molecule has 0 radical (unpaired) electrons. The first-order chi connectivity index (χ1) is 4.39. The molecule has 0 amide bonds. The van der Waals surface area contributed by atoms with Gasteiger partial charge in [-0.05, 0) is 6.42 Å². The van der Waals surface area contributed by atoms with E-state index in [0.29, 0.717) is 0 Å². The zero-order valence-corrected chi connectivity index (χ0v) is 5.38. The summed E-state index contributed by atoms with van der Waals surface area (Å²) in [5.74, 6) is 0. The first-order valence-corrected chi connectivity index (χ1v) is 3.07. The minimum absolute atomic E-state index is 0.973. The lowest BCUT2D eigenvalue weighted by molar-refractivity contribution is 1.30. The third kappa shape index (κ3) is 2.13. The SMILES string of the molecule is C=C1\C=C/C=C\C=C/C1. The lowest BCUT2D eigenvalue weighted by Gasteiger charge is -1.92. The molecule has 0 aromatic rings. The second kappa shape index (κ2) is 3.08. The maximum Gasteiger partial charge on any atom is -0.0100 e. The fourth-order valence-corrected chi connectivity index (χ4v) is 0.686. The molecule has 0 heteroatoms. The first kappa shape index (κ1) is 6.09. The van der Waals surface area contributed by atoms with Crippen LogP contribution in [0.1, 0.15) is 6.42 Å². The Balaban J connectivity index is 2.70. The molecule has 0 spiro atoms.